The van der Waals surface area contributed by atoms with Crippen molar-refractivity contribution in [1.82, 2.24) is 40.4 Å². The van der Waals surface area contributed by atoms with Crippen LogP contribution in [0.4, 0.5) is 9.59 Å². The first-order chi connectivity index (χ1) is 27.4. The van der Waals surface area contributed by atoms with E-state index in [4.69, 9.17) is 24.2 Å². The van der Waals surface area contributed by atoms with Crippen molar-refractivity contribution in [3.63, 3.8) is 0 Å². The molecule has 57 heavy (non-hydrogen) atoms. The standard InChI is InChI=1S/C42H52N8O7/c1-23(2)35(47-41(53)55-5)39(51)49-17-7-9-31(49)37-43-21-29(45-37)26-15-16-33-28(19-26)14-12-25-11-13-27(20-34(25)57-33)30-22-44-38(46-30)32-10-8-18-50(32)40(52)36(24(3)4)48-42(54)56-6/h11,13,15-16,19-24,31-32,35-36H,7-10,12,14,17-18H2,1-6H3,(H,43,45)(H,44,46)(H,47,53)(H,48,54). The lowest BCUT2D eigenvalue weighted by molar-refractivity contribution is -0.136. The van der Waals surface area contributed by atoms with E-state index in [1.54, 1.807) is 11.1 Å². The van der Waals surface area contributed by atoms with Crippen LogP contribution in [0.3, 0.4) is 0 Å². The zero-order valence-electron chi connectivity index (χ0n) is 33.4. The van der Waals surface area contributed by atoms with Gasteiger partial charge in [0.2, 0.25) is 11.8 Å². The number of nitrogens with zero attached hydrogens (tertiary/aromatic N) is 4. The molecule has 2 saturated heterocycles. The number of ether oxygens (including phenoxy) is 3. The minimum atomic E-state index is -0.702. The van der Waals surface area contributed by atoms with Crippen molar-refractivity contribution in [1.29, 1.82) is 0 Å². The van der Waals surface area contributed by atoms with E-state index in [-0.39, 0.29) is 35.7 Å². The molecule has 4 aromatic rings. The van der Waals surface area contributed by atoms with Gasteiger partial charge >= 0.3 is 12.2 Å². The Labute approximate surface area is 332 Å². The molecule has 4 atom stereocenters. The molecule has 4 amide bonds. The molecule has 15 heteroatoms. The number of H-pyrrole nitrogens is 2. The molecule has 4 unspecified atom stereocenters. The quantitative estimate of drug-likeness (QED) is 0.141. The fraction of sp³-hybridized carbons (Fsp3) is 0.476. The van der Waals surface area contributed by atoms with Crippen molar-refractivity contribution in [2.24, 2.45) is 11.8 Å². The molecule has 4 N–H and O–H groups in total. The fourth-order valence-electron chi connectivity index (χ4n) is 8.14. The third kappa shape index (κ3) is 8.19. The number of aromatic nitrogens is 4. The lowest BCUT2D eigenvalue weighted by Gasteiger charge is -2.30. The molecule has 3 aliphatic heterocycles. The topological polar surface area (TPSA) is 184 Å². The third-order valence-corrected chi connectivity index (χ3v) is 11.3. The molecule has 0 saturated carbocycles. The summed E-state index contributed by atoms with van der Waals surface area (Å²) in [7, 11) is 2.58. The lowest BCUT2D eigenvalue weighted by atomic mass is 10.0. The molecule has 0 spiro atoms. The molecule has 302 valence electrons. The zero-order chi connectivity index (χ0) is 40.4. The number of rotatable bonds is 10. The first-order valence-corrected chi connectivity index (χ1v) is 19.8. The van der Waals surface area contributed by atoms with Gasteiger partial charge in [-0.15, -0.1) is 0 Å². The number of aromatic amines is 2. The van der Waals surface area contributed by atoms with Gasteiger partial charge in [0.25, 0.3) is 0 Å². The summed E-state index contributed by atoms with van der Waals surface area (Å²) in [5, 5.41) is 5.40. The van der Waals surface area contributed by atoms with Gasteiger partial charge in [0, 0.05) is 24.2 Å². The highest BCUT2D eigenvalue weighted by Gasteiger charge is 2.39. The zero-order valence-corrected chi connectivity index (χ0v) is 33.4. The number of amides is 4. The van der Waals surface area contributed by atoms with Crippen LogP contribution in [0, 0.1) is 11.8 Å². The van der Waals surface area contributed by atoms with Crippen LogP contribution in [0.1, 0.15) is 88.2 Å². The van der Waals surface area contributed by atoms with E-state index in [0.29, 0.717) is 24.7 Å². The van der Waals surface area contributed by atoms with E-state index >= 15 is 0 Å². The Morgan fingerprint density at radius 1 is 0.702 bits per heavy atom. The molecular weight excluding hydrogens is 729 g/mol. The van der Waals surface area contributed by atoms with Gasteiger partial charge in [-0.3, -0.25) is 9.59 Å². The van der Waals surface area contributed by atoms with Crippen LogP contribution in [0.25, 0.3) is 22.5 Å². The van der Waals surface area contributed by atoms with E-state index in [9.17, 15) is 19.2 Å². The van der Waals surface area contributed by atoms with Gasteiger partial charge in [0.1, 0.15) is 35.2 Å². The Balaban J connectivity index is 1.05. The molecule has 15 nitrogen and oxygen atoms in total. The van der Waals surface area contributed by atoms with E-state index in [1.807, 2.05) is 57.0 Å². The average Bonchev–Trinajstić information content (AvgIpc) is 4.04. The summed E-state index contributed by atoms with van der Waals surface area (Å²) in [5.74, 6) is 2.45. The Morgan fingerprint density at radius 3 is 1.70 bits per heavy atom. The summed E-state index contributed by atoms with van der Waals surface area (Å²) in [6.07, 6.45) is 7.13. The normalized spacial score (nSPS) is 18.7. The predicted molar refractivity (Wildman–Crippen MR) is 211 cm³/mol. The minimum absolute atomic E-state index is 0.114. The molecule has 5 heterocycles. The summed E-state index contributed by atoms with van der Waals surface area (Å²) >= 11 is 0. The summed E-state index contributed by atoms with van der Waals surface area (Å²) in [5.41, 5.74) is 5.72. The fourth-order valence-corrected chi connectivity index (χ4v) is 8.14. The summed E-state index contributed by atoms with van der Waals surface area (Å²) in [6, 6.07) is 10.5. The van der Waals surface area contributed by atoms with Gasteiger partial charge in [0.15, 0.2) is 0 Å². The molecular formula is C42H52N8O7. The number of nitrogens with one attached hydrogen (secondary N) is 4. The Bertz CT molecular complexity index is 2130. The second-order valence-electron chi connectivity index (χ2n) is 15.7. The van der Waals surface area contributed by atoms with Crippen LogP contribution in [-0.4, -0.2) is 93.1 Å². The highest BCUT2D eigenvalue weighted by Crippen LogP contribution is 2.39. The molecule has 2 fully saturated rings. The minimum Gasteiger partial charge on any atom is -0.457 e. The van der Waals surface area contributed by atoms with Crippen molar-refractivity contribution < 1.29 is 33.4 Å². The average molecular weight is 781 g/mol. The van der Waals surface area contributed by atoms with E-state index in [1.165, 1.54) is 14.2 Å². The van der Waals surface area contributed by atoms with E-state index in [0.717, 1.165) is 83.7 Å². The van der Waals surface area contributed by atoms with Gasteiger partial charge in [-0.25, -0.2) is 19.6 Å². The molecule has 0 aliphatic carbocycles. The number of carbonyl (C=O) groups is 4. The number of methoxy groups -OCH3 is 2. The van der Waals surface area contributed by atoms with E-state index < -0.39 is 24.3 Å². The molecule has 3 aliphatic rings. The van der Waals surface area contributed by atoms with Gasteiger partial charge in [-0.1, -0.05) is 39.8 Å². The number of hydrogen-bond donors (Lipinski definition) is 4. The second kappa shape index (κ2) is 16.7. The van der Waals surface area contributed by atoms with E-state index in [2.05, 4.69) is 38.8 Å². The van der Waals surface area contributed by atoms with Crippen LogP contribution < -0.4 is 15.4 Å². The van der Waals surface area contributed by atoms with Crippen LogP contribution in [-0.2, 0) is 31.9 Å². The molecule has 0 bridgehead atoms. The number of carbonyl (C=O) groups excluding carboxylic acids is 4. The number of hydrogen-bond acceptors (Lipinski definition) is 9. The van der Waals surface area contributed by atoms with Gasteiger partial charge in [-0.2, -0.15) is 0 Å². The summed E-state index contributed by atoms with van der Waals surface area (Å²) < 4.78 is 16.1. The SMILES string of the molecule is COC(=O)NC(C(=O)N1CCCC1c1ncc(-c2ccc3c(c2)CCc2ccc(-c4cnc(C5CCCN5C(=O)C(NC(=O)OC)C(C)C)[nH]4)cc2O3)[nH]1)C(C)C. The number of benzene rings is 2. The Kier molecular flexibility index (Phi) is 11.5. The molecule has 7 rings (SSSR count). The molecule has 2 aromatic heterocycles. The predicted octanol–water partition coefficient (Wildman–Crippen LogP) is 6.45. The Morgan fingerprint density at radius 2 is 1.19 bits per heavy atom. The van der Waals surface area contributed by atoms with Crippen molar-refractivity contribution in [2.45, 2.75) is 90.4 Å². The highest BCUT2D eigenvalue weighted by molar-refractivity contribution is 5.87. The number of aryl methyl sites for hydroxylation is 2. The van der Waals surface area contributed by atoms with Crippen LogP contribution in [0.2, 0.25) is 0 Å². The van der Waals surface area contributed by atoms with Crippen molar-refractivity contribution in [3.05, 3.63) is 71.6 Å². The maximum Gasteiger partial charge on any atom is 0.407 e. The van der Waals surface area contributed by atoms with Gasteiger partial charge in [0.05, 0.1) is 50.1 Å². The number of alkyl carbamates (subject to hydrolysis) is 2. The maximum atomic E-state index is 13.6. The monoisotopic (exact) mass is 780 g/mol. The Hall–Kier alpha value is -5.86. The van der Waals surface area contributed by atoms with Crippen LogP contribution >= 0.6 is 0 Å². The molecule has 0 radical (unpaired) electrons. The van der Waals surface area contributed by atoms with Gasteiger partial charge < -0.3 is 44.6 Å². The number of imidazole rings is 2. The van der Waals surface area contributed by atoms with Crippen LogP contribution in [0.15, 0.2) is 48.8 Å². The summed E-state index contributed by atoms with van der Waals surface area (Å²) in [6.45, 7) is 8.76. The third-order valence-electron chi connectivity index (χ3n) is 11.3. The van der Waals surface area contributed by atoms with Crippen LogP contribution in [0.5, 0.6) is 11.5 Å². The largest absolute Gasteiger partial charge is 0.457 e. The maximum absolute atomic E-state index is 13.6. The van der Waals surface area contributed by atoms with Gasteiger partial charge in [-0.05, 0) is 85.8 Å². The second-order valence-corrected chi connectivity index (χ2v) is 15.7. The lowest BCUT2D eigenvalue weighted by Crippen LogP contribution is -2.51. The van der Waals surface area contributed by atoms with Crippen molar-refractivity contribution >= 4 is 24.0 Å². The van der Waals surface area contributed by atoms with Crippen molar-refractivity contribution in [2.75, 3.05) is 27.3 Å². The first-order valence-electron chi connectivity index (χ1n) is 19.8. The highest BCUT2D eigenvalue weighted by atomic mass is 16.5. The smallest absolute Gasteiger partial charge is 0.407 e. The van der Waals surface area contributed by atoms with Crippen molar-refractivity contribution in [3.8, 4) is 34.0 Å². The number of likely N-dealkylation sites (tertiary alicyclic amines) is 2. The summed E-state index contributed by atoms with van der Waals surface area (Å²) in [4.78, 5) is 71.2. The first kappa shape index (κ1) is 39.4. The molecule has 2 aromatic carbocycles. The number of fused-ring (bicyclic) bond motifs is 2.